The summed E-state index contributed by atoms with van der Waals surface area (Å²) in [6.45, 7) is 3.86. The number of likely N-dealkylation sites (tertiary alicyclic amines) is 1. The predicted molar refractivity (Wildman–Crippen MR) is 72.4 cm³/mol. The zero-order valence-corrected chi connectivity index (χ0v) is 11.7. The standard InChI is InChI=1S/C13H20N4O3/c1-13(12(19)15-2)4-5-17(8-13)7-10-9(3-6-20-10)11(18)16-14/h3,6H,4-5,7-8,14H2,1-2H3,(H,15,19)(H,16,18). The van der Waals surface area contributed by atoms with Crippen molar-refractivity contribution < 1.29 is 14.0 Å². The number of carbonyl (C=O) groups is 2. The fourth-order valence-corrected chi connectivity index (χ4v) is 2.62. The summed E-state index contributed by atoms with van der Waals surface area (Å²) >= 11 is 0. The minimum absolute atomic E-state index is 0.0411. The fraction of sp³-hybridized carbons (Fsp3) is 0.538. The number of nitrogens with two attached hydrogens (primary N) is 1. The third-order valence-electron chi connectivity index (χ3n) is 3.82. The monoisotopic (exact) mass is 280 g/mol. The number of nitrogens with one attached hydrogen (secondary N) is 2. The fourth-order valence-electron chi connectivity index (χ4n) is 2.62. The topological polar surface area (TPSA) is 101 Å². The van der Waals surface area contributed by atoms with Gasteiger partial charge in [0, 0.05) is 13.6 Å². The summed E-state index contributed by atoms with van der Waals surface area (Å²) in [5, 5.41) is 2.70. The van der Waals surface area contributed by atoms with Gasteiger partial charge in [0.15, 0.2) is 0 Å². The Balaban J connectivity index is 2.04. The van der Waals surface area contributed by atoms with Gasteiger partial charge in [-0.05, 0) is 26.0 Å². The number of hydrogen-bond donors (Lipinski definition) is 3. The second kappa shape index (κ2) is 5.64. The maximum absolute atomic E-state index is 11.9. The number of amides is 2. The van der Waals surface area contributed by atoms with Gasteiger partial charge in [-0.25, -0.2) is 5.84 Å². The quantitative estimate of drug-likeness (QED) is 0.404. The molecule has 0 saturated carbocycles. The molecule has 2 heterocycles. The second-order valence-electron chi connectivity index (χ2n) is 5.33. The van der Waals surface area contributed by atoms with Crippen molar-refractivity contribution in [1.29, 1.82) is 0 Å². The molecule has 110 valence electrons. The van der Waals surface area contributed by atoms with Crippen molar-refractivity contribution in [2.75, 3.05) is 20.1 Å². The molecule has 1 fully saturated rings. The molecule has 0 radical (unpaired) electrons. The van der Waals surface area contributed by atoms with E-state index in [2.05, 4.69) is 15.6 Å². The summed E-state index contributed by atoms with van der Waals surface area (Å²) in [4.78, 5) is 25.5. The Labute approximate surface area is 117 Å². The summed E-state index contributed by atoms with van der Waals surface area (Å²) in [7, 11) is 1.65. The molecule has 1 aromatic heterocycles. The van der Waals surface area contributed by atoms with E-state index in [1.807, 2.05) is 6.92 Å². The van der Waals surface area contributed by atoms with Gasteiger partial charge in [-0.2, -0.15) is 0 Å². The number of furan rings is 1. The van der Waals surface area contributed by atoms with Gasteiger partial charge in [-0.1, -0.05) is 0 Å². The van der Waals surface area contributed by atoms with Gasteiger partial charge in [-0.15, -0.1) is 0 Å². The lowest BCUT2D eigenvalue weighted by Crippen LogP contribution is -2.39. The normalized spacial score (nSPS) is 22.8. The van der Waals surface area contributed by atoms with Crippen LogP contribution in [0.15, 0.2) is 16.7 Å². The molecule has 1 saturated heterocycles. The first kappa shape index (κ1) is 14.5. The lowest BCUT2D eigenvalue weighted by Gasteiger charge is -2.22. The highest BCUT2D eigenvalue weighted by Crippen LogP contribution is 2.31. The van der Waals surface area contributed by atoms with E-state index in [4.69, 9.17) is 10.3 Å². The summed E-state index contributed by atoms with van der Waals surface area (Å²) in [6.07, 6.45) is 2.25. The van der Waals surface area contributed by atoms with E-state index < -0.39 is 5.41 Å². The van der Waals surface area contributed by atoms with Crippen molar-refractivity contribution in [3.63, 3.8) is 0 Å². The first-order valence-electron chi connectivity index (χ1n) is 6.52. The van der Waals surface area contributed by atoms with E-state index in [9.17, 15) is 9.59 Å². The average molecular weight is 280 g/mol. The van der Waals surface area contributed by atoms with Crippen LogP contribution in [0.3, 0.4) is 0 Å². The lowest BCUT2D eigenvalue weighted by atomic mass is 9.89. The molecule has 2 rings (SSSR count). The number of nitrogens with zero attached hydrogens (tertiary/aromatic N) is 1. The second-order valence-corrected chi connectivity index (χ2v) is 5.33. The summed E-state index contributed by atoms with van der Waals surface area (Å²) in [5.41, 5.74) is 2.14. The van der Waals surface area contributed by atoms with E-state index in [-0.39, 0.29) is 11.8 Å². The molecule has 1 aromatic rings. The molecule has 0 bridgehead atoms. The van der Waals surface area contributed by atoms with Gasteiger partial charge < -0.3 is 9.73 Å². The van der Waals surface area contributed by atoms with Crippen molar-refractivity contribution in [3.8, 4) is 0 Å². The van der Waals surface area contributed by atoms with Crippen LogP contribution in [0.1, 0.15) is 29.5 Å². The van der Waals surface area contributed by atoms with Crippen LogP contribution in [0.25, 0.3) is 0 Å². The summed E-state index contributed by atoms with van der Waals surface area (Å²) in [5.74, 6) is 5.37. The molecule has 1 aliphatic rings. The van der Waals surface area contributed by atoms with E-state index in [0.717, 1.165) is 13.0 Å². The minimum Gasteiger partial charge on any atom is -0.467 e. The zero-order valence-electron chi connectivity index (χ0n) is 11.7. The van der Waals surface area contributed by atoms with Crippen LogP contribution in [0.4, 0.5) is 0 Å². The Morgan fingerprint density at radius 1 is 1.55 bits per heavy atom. The number of nitrogen functional groups attached to an aromatic ring is 1. The van der Waals surface area contributed by atoms with Crippen LogP contribution in [-0.4, -0.2) is 36.9 Å². The zero-order chi connectivity index (χ0) is 14.8. The molecule has 1 unspecified atom stereocenters. The molecule has 7 heteroatoms. The number of hydrazine groups is 1. The third-order valence-corrected chi connectivity index (χ3v) is 3.82. The van der Waals surface area contributed by atoms with Gasteiger partial charge in [0.1, 0.15) is 5.76 Å². The average Bonchev–Trinajstić information content (AvgIpc) is 3.05. The Morgan fingerprint density at radius 2 is 2.30 bits per heavy atom. The molecule has 7 nitrogen and oxygen atoms in total. The van der Waals surface area contributed by atoms with Crippen LogP contribution in [0, 0.1) is 5.41 Å². The molecule has 2 amide bonds. The van der Waals surface area contributed by atoms with Crippen LogP contribution in [0.2, 0.25) is 0 Å². The van der Waals surface area contributed by atoms with Crippen molar-refractivity contribution in [2.45, 2.75) is 19.9 Å². The van der Waals surface area contributed by atoms with Crippen molar-refractivity contribution in [3.05, 3.63) is 23.7 Å². The molecule has 0 aromatic carbocycles. The molecular weight excluding hydrogens is 260 g/mol. The third kappa shape index (κ3) is 2.68. The molecule has 1 aliphatic heterocycles. The van der Waals surface area contributed by atoms with Crippen LogP contribution in [0.5, 0.6) is 0 Å². The van der Waals surface area contributed by atoms with Crippen molar-refractivity contribution >= 4 is 11.8 Å². The van der Waals surface area contributed by atoms with E-state index in [0.29, 0.717) is 24.4 Å². The Bertz CT molecular complexity index is 513. The Morgan fingerprint density at radius 3 is 2.95 bits per heavy atom. The van der Waals surface area contributed by atoms with Crippen molar-refractivity contribution in [1.82, 2.24) is 15.6 Å². The number of rotatable bonds is 4. The Hall–Kier alpha value is -1.86. The maximum atomic E-state index is 11.9. The minimum atomic E-state index is -0.391. The van der Waals surface area contributed by atoms with Crippen LogP contribution < -0.4 is 16.6 Å². The van der Waals surface area contributed by atoms with Crippen LogP contribution in [-0.2, 0) is 11.3 Å². The van der Waals surface area contributed by atoms with Crippen LogP contribution >= 0.6 is 0 Å². The van der Waals surface area contributed by atoms with E-state index in [1.54, 1.807) is 13.1 Å². The van der Waals surface area contributed by atoms with Gasteiger partial charge in [0.25, 0.3) is 5.91 Å². The largest absolute Gasteiger partial charge is 0.467 e. The highest BCUT2D eigenvalue weighted by molar-refractivity contribution is 5.94. The Kier molecular flexibility index (Phi) is 4.10. The lowest BCUT2D eigenvalue weighted by molar-refractivity contribution is -0.129. The maximum Gasteiger partial charge on any atom is 0.268 e. The highest BCUT2D eigenvalue weighted by atomic mass is 16.3. The van der Waals surface area contributed by atoms with E-state index >= 15 is 0 Å². The molecule has 4 N–H and O–H groups in total. The highest BCUT2D eigenvalue weighted by Gasteiger charge is 2.40. The van der Waals surface area contributed by atoms with Gasteiger partial charge in [0.2, 0.25) is 5.91 Å². The number of carbonyl (C=O) groups excluding carboxylic acids is 2. The molecular formula is C13H20N4O3. The molecule has 0 spiro atoms. The summed E-state index contributed by atoms with van der Waals surface area (Å²) < 4.78 is 5.35. The number of hydrogen-bond acceptors (Lipinski definition) is 5. The molecule has 0 aliphatic carbocycles. The smallest absolute Gasteiger partial charge is 0.268 e. The molecule has 20 heavy (non-hydrogen) atoms. The summed E-state index contributed by atoms with van der Waals surface area (Å²) in [6, 6.07) is 1.59. The van der Waals surface area contributed by atoms with Gasteiger partial charge >= 0.3 is 0 Å². The SMILES string of the molecule is CNC(=O)C1(C)CCN(Cc2occc2C(=O)NN)C1. The van der Waals surface area contributed by atoms with E-state index in [1.165, 1.54) is 6.26 Å². The van der Waals surface area contributed by atoms with Gasteiger partial charge in [0.05, 0.1) is 23.8 Å². The first-order chi connectivity index (χ1) is 9.50. The first-order valence-corrected chi connectivity index (χ1v) is 6.52. The van der Waals surface area contributed by atoms with Gasteiger partial charge in [-0.3, -0.25) is 19.9 Å². The van der Waals surface area contributed by atoms with Crippen molar-refractivity contribution in [2.24, 2.45) is 11.3 Å². The predicted octanol–water partition coefficient (Wildman–Crippen LogP) is -0.159. The molecule has 1 atom stereocenters.